The lowest BCUT2D eigenvalue weighted by molar-refractivity contribution is 0.0922. The van der Waals surface area contributed by atoms with Gasteiger partial charge in [0, 0.05) is 40.8 Å². The van der Waals surface area contributed by atoms with E-state index in [1.165, 1.54) is 0 Å². The summed E-state index contributed by atoms with van der Waals surface area (Å²) in [5.41, 5.74) is 2.77. The number of carbonyl (C=O) groups is 1. The van der Waals surface area contributed by atoms with Gasteiger partial charge in [0.25, 0.3) is 0 Å². The van der Waals surface area contributed by atoms with Crippen molar-refractivity contribution in [3.8, 4) is 17.6 Å². The summed E-state index contributed by atoms with van der Waals surface area (Å²) in [5, 5.41) is 9.91. The Balaban J connectivity index is 1.61. The number of carbonyl (C=O) groups excluding carboxylic acids is 1. The molecule has 1 saturated heterocycles. The van der Waals surface area contributed by atoms with Crippen molar-refractivity contribution in [2.75, 3.05) is 27.3 Å². The molecule has 0 radical (unpaired) electrons. The Kier molecular flexibility index (Phi) is 6.24. The summed E-state index contributed by atoms with van der Waals surface area (Å²) in [4.78, 5) is 15.6. The van der Waals surface area contributed by atoms with Crippen molar-refractivity contribution in [1.29, 1.82) is 5.26 Å². The van der Waals surface area contributed by atoms with Crippen LogP contribution in [0.15, 0.2) is 48.7 Å². The second-order valence-corrected chi connectivity index (χ2v) is 7.82. The Morgan fingerprint density at radius 3 is 2.81 bits per heavy atom. The Morgan fingerprint density at radius 2 is 2.03 bits per heavy atom. The van der Waals surface area contributed by atoms with Crippen LogP contribution < -0.4 is 9.47 Å². The molecule has 1 aliphatic heterocycles. The van der Waals surface area contributed by atoms with Crippen molar-refractivity contribution in [3.63, 3.8) is 0 Å². The lowest BCUT2D eigenvalue weighted by Crippen LogP contribution is -2.29. The molecule has 1 fully saturated rings. The van der Waals surface area contributed by atoms with Crippen molar-refractivity contribution < 1.29 is 14.3 Å². The zero-order valence-electron chi connectivity index (χ0n) is 18.0. The number of hydrogen-bond acceptors (Lipinski definition) is 5. The third-order valence-corrected chi connectivity index (χ3v) is 6.06. The van der Waals surface area contributed by atoms with Gasteiger partial charge in [0.2, 0.25) is 0 Å². The predicted molar refractivity (Wildman–Crippen MR) is 120 cm³/mol. The van der Waals surface area contributed by atoms with E-state index in [1.807, 2.05) is 53.2 Å². The number of rotatable bonds is 8. The number of nitrogens with zero attached hydrogens (tertiary/aromatic N) is 3. The number of nitriles is 1. The predicted octanol–water partition coefficient (Wildman–Crippen LogP) is 4.59. The first-order valence-corrected chi connectivity index (χ1v) is 10.6. The number of Topliss-reactive ketones (excluding diaryl/α,β-unsaturated/α-hetero) is 1. The van der Waals surface area contributed by atoms with E-state index in [-0.39, 0.29) is 11.8 Å². The molecule has 0 N–H and O–H groups in total. The van der Waals surface area contributed by atoms with Gasteiger partial charge in [0.15, 0.2) is 5.78 Å². The highest BCUT2D eigenvalue weighted by Gasteiger charge is 2.31. The Labute approximate surface area is 182 Å². The largest absolute Gasteiger partial charge is 0.497 e. The van der Waals surface area contributed by atoms with E-state index >= 15 is 0 Å². The van der Waals surface area contributed by atoms with E-state index in [1.54, 1.807) is 14.2 Å². The second-order valence-electron chi connectivity index (χ2n) is 7.82. The van der Waals surface area contributed by atoms with Crippen LogP contribution in [0.3, 0.4) is 0 Å². The molecule has 1 aromatic heterocycles. The lowest BCUT2D eigenvalue weighted by Gasteiger charge is -2.25. The molecule has 6 heteroatoms. The van der Waals surface area contributed by atoms with Crippen LogP contribution in [0.25, 0.3) is 10.9 Å². The first kappa shape index (κ1) is 21.0. The highest BCUT2D eigenvalue weighted by atomic mass is 16.5. The van der Waals surface area contributed by atoms with Crippen LogP contribution in [-0.2, 0) is 6.54 Å². The average Bonchev–Trinajstić information content (AvgIpc) is 3.41. The zero-order valence-corrected chi connectivity index (χ0v) is 18.0. The van der Waals surface area contributed by atoms with Gasteiger partial charge >= 0.3 is 0 Å². The van der Waals surface area contributed by atoms with E-state index in [4.69, 9.17) is 14.7 Å². The van der Waals surface area contributed by atoms with Gasteiger partial charge in [-0.1, -0.05) is 18.2 Å². The van der Waals surface area contributed by atoms with Crippen LogP contribution >= 0.6 is 0 Å². The molecular weight excluding hydrogens is 390 g/mol. The molecule has 1 aliphatic rings. The minimum absolute atomic E-state index is 0.0978. The molecule has 1 unspecified atom stereocenters. The number of ketones is 1. The molecule has 4 rings (SSSR count). The Morgan fingerprint density at radius 1 is 1.19 bits per heavy atom. The highest BCUT2D eigenvalue weighted by Crippen LogP contribution is 2.39. The van der Waals surface area contributed by atoms with Gasteiger partial charge in [-0.25, -0.2) is 0 Å². The first-order chi connectivity index (χ1) is 15.2. The summed E-state index contributed by atoms with van der Waals surface area (Å²) in [6, 6.07) is 16.0. The summed E-state index contributed by atoms with van der Waals surface area (Å²) >= 11 is 0. The molecule has 0 bridgehead atoms. The van der Waals surface area contributed by atoms with E-state index in [0.717, 1.165) is 52.9 Å². The summed E-state index contributed by atoms with van der Waals surface area (Å²) in [6.45, 7) is 1.79. The van der Waals surface area contributed by atoms with E-state index in [9.17, 15) is 4.79 Å². The van der Waals surface area contributed by atoms with Crippen molar-refractivity contribution in [2.45, 2.75) is 31.8 Å². The second kappa shape index (κ2) is 9.23. The number of para-hydroxylation sites is 1. The number of aromatic nitrogens is 1. The first-order valence-electron chi connectivity index (χ1n) is 10.6. The van der Waals surface area contributed by atoms with Crippen LogP contribution in [0.4, 0.5) is 0 Å². The summed E-state index contributed by atoms with van der Waals surface area (Å²) in [5.74, 6) is 1.70. The number of ether oxygens (including phenoxy) is 2. The SMILES string of the molecule is COc1ccc(OC)c(C2CCCN2CC(=O)c2cn(CCC#N)c3ccccc23)c1. The standard InChI is InChI=1S/C25H27N3O3/c1-30-18-10-11-25(31-2)20(15-18)23-9-5-13-28(23)17-24(29)21-16-27(14-6-12-26)22-8-4-3-7-19(21)22/h3-4,7-8,10-11,15-16,23H,5-6,9,13-14,17H2,1-2H3. The molecule has 0 amide bonds. The number of methoxy groups -OCH3 is 2. The third-order valence-electron chi connectivity index (χ3n) is 6.06. The topological polar surface area (TPSA) is 67.5 Å². The maximum atomic E-state index is 13.4. The molecule has 160 valence electrons. The Bertz CT molecular complexity index is 1130. The smallest absolute Gasteiger partial charge is 0.178 e. The minimum atomic E-state index is 0.0978. The van der Waals surface area contributed by atoms with Crippen LogP contribution in [0.2, 0.25) is 0 Å². The van der Waals surface area contributed by atoms with Crippen molar-refractivity contribution in [1.82, 2.24) is 9.47 Å². The fraction of sp³-hybridized carbons (Fsp3) is 0.360. The van der Waals surface area contributed by atoms with Gasteiger partial charge in [-0.3, -0.25) is 9.69 Å². The van der Waals surface area contributed by atoms with Crippen LogP contribution in [-0.4, -0.2) is 42.6 Å². The monoisotopic (exact) mass is 417 g/mol. The number of fused-ring (bicyclic) bond motifs is 1. The zero-order chi connectivity index (χ0) is 21.8. The lowest BCUT2D eigenvalue weighted by atomic mass is 10.0. The van der Waals surface area contributed by atoms with Crippen molar-refractivity contribution in [2.24, 2.45) is 0 Å². The summed E-state index contributed by atoms with van der Waals surface area (Å²) < 4.78 is 13.0. The number of aryl methyl sites for hydroxylation is 1. The molecule has 2 heterocycles. The molecule has 0 aliphatic carbocycles. The third kappa shape index (κ3) is 4.14. The van der Waals surface area contributed by atoms with E-state index in [2.05, 4.69) is 11.0 Å². The van der Waals surface area contributed by atoms with Crippen LogP contribution in [0.5, 0.6) is 11.5 Å². The van der Waals surface area contributed by atoms with Gasteiger partial charge in [0.05, 0.1) is 33.3 Å². The van der Waals surface area contributed by atoms with Crippen molar-refractivity contribution in [3.05, 3.63) is 59.8 Å². The van der Waals surface area contributed by atoms with Gasteiger partial charge in [0.1, 0.15) is 11.5 Å². The molecule has 31 heavy (non-hydrogen) atoms. The van der Waals surface area contributed by atoms with E-state index in [0.29, 0.717) is 19.5 Å². The maximum Gasteiger partial charge on any atom is 0.178 e. The van der Waals surface area contributed by atoms with Gasteiger partial charge in [-0.15, -0.1) is 0 Å². The minimum Gasteiger partial charge on any atom is -0.497 e. The average molecular weight is 418 g/mol. The number of likely N-dealkylation sites (tertiary alicyclic amines) is 1. The maximum absolute atomic E-state index is 13.4. The molecule has 0 spiro atoms. The molecule has 6 nitrogen and oxygen atoms in total. The van der Waals surface area contributed by atoms with Crippen LogP contribution in [0, 0.1) is 11.3 Å². The Hall–Kier alpha value is -3.30. The van der Waals surface area contributed by atoms with Gasteiger partial charge < -0.3 is 14.0 Å². The fourth-order valence-corrected chi connectivity index (χ4v) is 4.56. The van der Waals surface area contributed by atoms with Gasteiger partial charge in [-0.05, 0) is 43.7 Å². The normalized spacial score (nSPS) is 16.4. The number of benzene rings is 2. The fourth-order valence-electron chi connectivity index (χ4n) is 4.56. The van der Waals surface area contributed by atoms with E-state index < -0.39 is 0 Å². The van der Waals surface area contributed by atoms with Crippen molar-refractivity contribution >= 4 is 16.7 Å². The van der Waals surface area contributed by atoms with Crippen LogP contribution in [0.1, 0.15) is 41.2 Å². The summed E-state index contributed by atoms with van der Waals surface area (Å²) in [7, 11) is 3.33. The highest BCUT2D eigenvalue weighted by molar-refractivity contribution is 6.09. The molecular formula is C25H27N3O3. The molecule has 2 aromatic carbocycles. The molecule has 3 aromatic rings. The molecule has 0 saturated carbocycles. The number of hydrogen-bond donors (Lipinski definition) is 0. The van der Waals surface area contributed by atoms with Gasteiger partial charge in [-0.2, -0.15) is 5.26 Å². The molecule has 1 atom stereocenters. The summed E-state index contributed by atoms with van der Waals surface area (Å²) in [6.07, 6.45) is 4.32. The quantitative estimate of drug-likeness (QED) is 0.502.